The summed E-state index contributed by atoms with van der Waals surface area (Å²) in [6.07, 6.45) is 1.77. The third-order valence-electron chi connectivity index (χ3n) is 2.38. The predicted molar refractivity (Wildman–Crippen MR) is 68.8 cm³/mol. The molecule has 2 aromatic rings. The summed E-state index contributed by atoms with van der Waals surface area (Å²) in [6, 6.07) is 8.74. The van der Waals surface area contributed by atoms with E-state index >= 15 is 0 Å². The second-order valence-corrected chi connectivity index (χ2v) is 3.79. The molecular weight excluding hydrogens is 230 g/mol. The lowest BCUT2D eigenvalue weighted by molar-refractivity contribution is 0.102. The highest BCUT2D eigenvalue weighted by Crippen LogP contribution is 2.13. The van der Waals surface area contributed by atoms with Crippen LogP contribution < -0.4 is 10.1 Å². The maximum atomic E-state index is 11.9. The summed E-state index contributed by atoms with van der Waals surface area (Å²) >= 11 is 0. The Morgan fingerprint density at radius 1 is 1.33 bits per heavy atom. The minimum atomic E-state index is -0.184. The smallest absolute Gasteiger partial charge is 0.256 e. The maximum absolute atomic E-state index is 11.9. The van der Waals surface area contributed by atoms with Gasteiger partial charge in [-0.1, -0.05) is 0 Å². The second-order valence-electron chi connectivity index (χ2n) is 3.79. The SMILES string of the molecule is CCOc1ccc(C(=O)Nc2ccn(C)n2)cc1. The van der Waals surface area contributed by atoms with E-state index in [-0.39, 0.29) is 5.91 Å². The highest BCUT2D eigenvalue weighted by Gasteiger charge is 2.07. The molecule has 0 radical (unpaired) electrons. The highest BCUT2D eigenvalue weighted by molar-refractivity contribution is 6.03. The normalized spacial score (nSPS) is 10.1. The molecule has 0 spiro atoms. The Morgan fingerprint density at radius 3 is 2.61 bits per heavy atom. The largest absolute Gasteiger partial charge is 0.494 e. The number of nitrogens with one attached hydrogen (secondary N) is 1. The molecule has 18 heavy (non-hydrogen) atoms. The molecule has 1 amide bonds. The van der Waals surface area contributed by atoms with Gasteiger partial charge in [-0.05, 0) is 31.2 Å². The van der Waals surface area contributed by atoms with Crippen molar-refractivity contribution >= 4 is 11.7 Å². The molecule has 2 rings (SSSR count). The average Bonchev–Trinajstić information content (AvgIpc) is 2.76. The molecule has 1 aromatic carbocycles. The minimum Gasteiger partial charge on any atom is -0.494 e. The number of rotatable bonds is 4. The Kier molecular flexibility index (Phi) is 3.62. The number of carbonyl (C=O) groups is 1. The Labute approximate surface area is 105 Å². The van der Waals surface area contributed by atoms with Crippen molar-refractivity contribution in [2.45, 2.75) is 6.92 Å². The van der Waals surface area contributed by atoms with E-state index in [2.05, 4.69) is 10.4 Å². The highest BCUT2D eigenvalue weighted by atomic mass is 16.5. The molecule has 0 atom stereocenters. The first-order valence-electron chi connectivity index (χ1n) is 5.73. The van der Waals surface area contributed by atoms with E-state index in [0.717, 1.165) is 5.75 Å². The van der Waals surface area contributed by atoms with E-state index in [4.69, 9.17) is 4.74 Å². The summed E-state index contributed by atoms with van der Waals surface area (Å²) in [4.78, 5) is 11.9. The van der Waals surface area contributed by atoms with Crippen LogP contribution in [0.25, 0.3) is 0 Å². The lowest BCUT2D eigenvalue weighted by Crippen LogP contribution is -2.12. The topological polar surface area (TPSA) is 56.1 Å². The van der Waals surface area contributed by atoms with Crippen LogP contribution in [0.15, 0.2) is 36.5 Å². The van der Waals surface area contributed by atoms with Crippen molar-refractivity contribution < 1.29 is 9.53 Å². The van der Waals surface area contributed by atoms with Gasteiger partial charge in [-0.2, -0.15) is 5.10 Å². The molecule has 0 bridgehead atoms. The molecule has 94 valence electrons. The number of carbonyl (C=O) groups excluding carboxylic acids is 1. The third-order valence-corrected chi connectivity index (χ3v) is 2.38. The van der Waals surface area contributed by atoms with E-state index in [0.29, 0.717) is 18.0 Å². The summed E-state index contributed by atoms with van der Waals surface area (Å²) in [5.74, 6) is 1.11. The minimum absolute atomic E-state index is 0.184. The zero-order valence-corrected chi connectivity index (χ0v) is 10.4. The average molecular weight is 245 g/mol. The fraction of sp³-hybridized carbons (Fsp3) is 0.231. The van der Waals surface area contributed by atoms with Gasteiger partial charge in [0.15, 0.2) is 5.82 Å². The molecule has 0 aliphatic carbocycles. The summed E-state index contributed by atoms with van der Waals surface area (Å²) in [7, 11) is 1.80. The van der Waals surface area contributed by atoms with E-state index in [9.17, 15) is 4.79 Å². The molecular formula is C13H15N3O2. The first kappa shape index (κ1) is 12.2. The van der Waals surface area contributed by atoms with Crippen LogP contribution in [-0.2, 0) is 7.05 Å². The molecule has 0 aliphatic rings. The van der Waals surface area contributed by atoms with E-state index in [1.54, 1.807) is 48.3 Å². The molecule has 0 aliphatic heterocycles. The molecule has 0 unspecified atom stereocenters. The number of aromatic nitrogens is 2. The molecule has 0 saturated carbocycles. The Hall–Kier alpha value is -2.30. The monoisotopic (exact) mass is 245 g/mol. The fourth-order valence-corrected chi connectivity index (χ4v) is 1.54. The van der Waals surface area contributed by atoms with Gasteiger partial charge in [-0.25, -0.2) is 0 Å². The molecule has 5 nitrogen and oxygen atoms in total. The van der Waals surface area contributed by atoms with Crippen LogP contribution in [0.2, 0.25) is 0 Å². The van der Waals surface area contributed by atoms with Crippen LogP contribution in [0.1, 0.15) is 17.3 Å². The zero-order valence-electron chi connectivity index (χ0n) is 10.4. The number of hydrogen-bond donors (Lipinski definition) is 1. The number of anilines is 1. The molecule has 1 aromatic heterocycles. The van der Waals surface area contributed by atoms with Crippen molar-refractivity contribution in [2.24, 2.45) is 7.05 Å². The molecule has 5 heteroatoms. The Morgan fingerprint density at radius 2 is 2.06 bits per heavy atom. The van der Waals surface area contributed by atoms with Crippen molar-refractivity contribution in [3.63, 3.8) is 0 Å². The van der Waals surface area contributed by atoms with Crippen molar-refractivity contribution in [1.29, 1.82) is 0 Å². The van der Waals surface area contributed by atoms with Gasteiger partial charge < -0.3 is 10.1 Å². The van der Waals surface area contributed by atoms with E-state index in [1.165, 1.54) is 0 Å². The van der Waals surface area contributed by atoms with Gasteiger partial charge in [-0.3, -0.25) is 9.48 Å². The molecule has 1 N–H and O–H groups in total. The standard InChI is InChI=1S/C13H15N3O2/c1-3-18-11-6-4-10(5-7-11)13(17)14-12-8-9-16(2)15-12/h4-9H,3H2,1-2H3,(H,14,15,17). The fourth-order valence-electron chi connectivity index (χ4n) is 1.54. The van der Waals surface area contributed by atoms with Crippen molar-refractivity contribution in [2.75, 3.05) is 11.9 Å². The number of amides is 1. The van der Waals surface area contributed by atoms with Crippen LogP contribution in [0.5, 0.6) is 5.75 Å². The number of benzene rings is 1. The van der Waals surface area contributed by atoms with Gasteiger partial charge >= 0.3 is 0 Å². The van der Waals surface area contributed by atoms with Crippen molar-refractivity contribution in [3.05, 3.63) is 42.1 Å². The number of ether oxygens (including phenoxy) is 1. The van der Waals surface area contributed by atoms with E-state index < -0.39 is 0 Å². The Bertz CT molecular complexity index is 531. The van der Waals surface area contributed by atoms with Crippen LogP contribution in [0.4, 0.5) is 5.82 Å². The first-order valence-corrected chi connectivity index (χ1v) is 5.73. The Balaban J connectivity index is 2.04. The first-order chi connectivity index (χ1) is 8.69. The molecule has 0 fully saturated rings. The van der Waals surface area contributed by atoms with Crippen LogP contribution in [-0.4, -0.2) is 22.3 Å². The van der Waals surface area contributed by atoms with Gasteiger partial charge in [0.05, 0.1) is 6.61 Å². The predicted octanol–water partition coefficient (Wildman–Crippen LogP) is 2.07. The third kappa shape index (κ3) is 2.88. The van der Waals surface area contributed by atoms with Crippen LogP contribution >= 0.6 is 0 Å². The van der Waals surface area contributed by atoms with Gasteiger partial charge in [0.25, 0.3) is 5.91 Å². The lowest BCUT2D eigenvalue weighted by Gasteiger charge is -2.04. The van der Waals surface area contributed by atoms with Crippen molar-refractivity contribution in [1.82, 2.24) is 9.78 Å². The van der Waals surface area contributed by atoms with Crippen LogP contribution in [0, 0.1) is 0 Å². The maximum Gasteiger partial charge on any atom is 0.256 e. The number of hydrogen-bond acceptors (Lipinski definition) is 3. The molecule has 0 saturated heterocycles. The van der Waals surface area contributed by atoms with Gasteiger partial charge in [0.2, 0.25) is 0 Å². The zero-order chi connectivity index (χ0) is 13.0. The lowest BCUT2D eigenvalue weighted by atomic mass is 10.2. The number of aryl methyl sites for hydroxylation is 1. The van der Waals surface area contributed by atoms with Gasteiger partial charge in [0.1, 0.15) is 5.75 Å². The van der Waals surface area contributed by atoms with E-state index in [1.807, 2.05) is 6.92 Å². The summed E-state index contributed by atoms with van der Waals surface area (Å²) in [6.45, 7) is 2.53. The van der Waals surface area contributed by atoms with Gasteiger partial charge in [0, 0.05) is 24.9 Å². The summed E-state index contributed by atoms with van der Waals surface area (Å²) in [5.41, 5.74) is 0.573. The summed E-state index contributed by atoms with van der Waals surface area (Å²) in [5, 5.41) is 6.80. The van der Waals surface area contributed by atoms with Gasteiger partial charge in [-0.15, -0.1) is 0 Å². The van der Waals surface area contributed by atoms with Crippen LogP contribution in [0.3, 0.4) is 0 Å². The molecule has 1 heterocycles. The number of nitrogens with zero attached hydrogens (tertiary/aromatic N) is 2. The quantitative estimate of drug-likeness (QED) is 0.897. The van der Waals surface area contributed by atoms with Crippen molar-refractivity contribution in [3.8, 4) is 5.75 Å². The summed E-state index contributed by atoms with van der Waals surface area (Å²) < 4.78 is 6.95. The second kappa shape index (κ2) is 5.35.